The number of pyridine rings is 1. The van der Waals surface area contributed by atoms with Gasteiger partial charge < -0.3 is 19.4 Å². The van der Waals surface area contributed by atoms with Crippen LogP contribution in [0.4, 0.5) is 5.69 Å². The fraction of sp³-hybridized carbons (Fsp3) is 0.238. The van der Waals surface area contributed by atoms with Crippen molar-refractivity contribution in [3.63, 3.8) is 0 Å². The molecular weight excluding hydrogens is 344 g/mol. The molecule has 1 aromatic heterocycles. The van der Waals surface area contributed by atoms with Gasteiger partial charge >= 0.3 is 0 Å². The fourth-order valence-electron chi connectivity index (χ4n) is 2.92. The lowest BCUT2D eigenvalue weighted by atomic mass is 10.1. The van der Waals surface area contributed by atoms with Crippen molar-refractivity contribution in [1.29, 1.82) is 0 Å². The highest BCUT2D eigenvalue weighted by molar-refractivity contribution is 5.91. The predicted molar refractivity (Wildman–Crippen MR) is 106 cm³/mol. The summed E-state index contributed by atoms with van der Waals surface area (Å²) in [5.74, 6) is 1.29. The number of hydrogen-bond donors (Lipinski definition) is 1. The Balaban J connectivity index is 1.95. The van der Waals surface area contributed by atoms with Gasteiger partial charge in [-0.2, -0.15) is 0 Å². The van der Waals surface area contributed by atoms with Crippen molar-refractivity contribution >= 4 is 22.5 Å². The molecule has 0 aliphatic carbocycles. The predicted octanol–water partition coefficient (Wildman–Crippen LogP) is 3.49. The SMILES string of the molecule is CCOc1ccc(N(Cc2cc3cc(OC)ccc3[nH]c2=O)C(C)=O)cc1. The van der Waals surface area contributed by atoms with E-state index in [0.29, 0.717) is 23.6 Å². The Morgan fingerprint density at radius 2 is 1.78 bits per heavy atom. The number of fused-ring (bicyclic) bond motifs is 1. The summed E-state index contributed by atoms with van der Waals surface area (Å²) >= 11 is 0. The summed E-state index contributed by atoms with van der Waals surface area (Å²) in [5, 5.41) is 0.846. The summed E-state index contributed by atoms with van der Waals surface area (Å²) in [6.07, 6.45) is 0. The Morgan fingerprint density at radius 1 is 1.07 bits per heavy atom. The molecule has 0 atom stereocenters. The van der Waals surface area contributed by atoms with Gasteiger partial charge in [-0.1, -0.05) is 0 Å². The van der Waals surface area contributed by atoms with Crippen LogP contribution in [0.2, 0.25) is 0 Å². The quantitative estimate of drug-likeness (QED) is 0.725. The van der Waals surface area contributed by atoms with Crippen LogP contribution in [0.3, 0.4) is 0 Å². The molecule has 2 aromatic carbocycles. The second-order valence-corrected chi connectivity index (χ2v) is 6.11. The van der Waals surface area contributed by atoms with E-state index in [-0.39, 0.29) is 18.0 Å². The number of nitrogens with zero attached hydrogens (tertiary/aromatic N) is 1. The number of nitrogens with one attached hydrogen (secondary N) is 1. The Hall–Kier alpha value is -3.28. The number of anilines is 1. The van der Waals surface area contributed by atoms with Crippen LogP contribution in [0.5, 0.6) is 11.5 Å². The lowest BCUT2D eigenvalue weighted by Crippen LogP contribution is -2.30. The van der Waals surface area contributed by atoms with Gasteiger partial charge in [0.1, 0.15) is 11.5 Å². The number of aromatic amines is 1. The average Bonchev–Trinajstić information content (AvgIpc) is 2.66. The Bertz CT molecular complexity index is 1010. The number of hydrogen-bond acceptors (Lipinski definition) is 4. The molecule has 0 fully saturated rings. The summed E-state index contributed by atoms with van der Waals surface area (Å²) in [6, 6.07) is 14.5. The number of benzene rings is 2. The van der Waals surface area contributed by atoms with E-state index in [1.54, 1.807) is 30.2 Å². The minimum atomic E-state index is -0.218. The number of aromatic nitrogens is 1. The van der Waals surface area contributed by atoms with E-state index in [0.717, 1.165) is 16.7 Å². The topological polar surface area (TPSA) is 71.6 Å². The van der Waals surface area contributed by atoms with Gasteiger partial charge in [0.2, 0.25) is 5.91 Å². The monoisotopic (exact) mass is 366 g/mol. The highest BCUT2D eigenvalue weighted by Crippen LogP contribution is 2.23. The minimum absolute atomic E-state index is 0.149. The molecule has 1 N–H and O–H groups in total. The third kappa shape index (κ3) is 4.11. The summed E-state index contributed by atoms with van der Waals surface area (Å²) < 4.78 is 10.7. The minimum Gasteiger partial charge on any atom is -0.497 e. The van der Waals surface area contributed by atoms with Crippen LogP contribution in [0.25, 0.3) is 10.9 Å². The van der Waals surface area contributed by atoms with Crippen LogP contribution in [0.1, 0.15) is 19.4 Å². The maximum atomic E-state index is 12.5. The standard InChI is InChI=1S/C21H22N2O4/c1-4-27-18-7-5-17(6-8-18)23(14(2)24)13-16-11-15-12-19(26-3)9-10-20(15)22-21(16)25/h5-12H,4,13H2,1-3H3,(H,22,25). The van der Waals surface area contributed by atoms with Gasteiger partial charge in [0.15, 0.2) is 0 Å². The molecule has 6 heteroatoms. The van der Waals surface area contributed by atoms with Gasteiger partial charge in [0, 0.05) is 29.1 Å². The van der Waals surface area contributed by atoms with E-state index in [4.69, 9.17) is 9.47 Å². The van der Waals surface area contributed by atoms with E-state index >= 15 is 0 Å². The van der Waals surface area contributed by atoms with Crippen molar-refractivity contribution in [2.75, 3.05) is 18.6 Å². The Morgan fingerprint density at radius 3 is 2.41 bits per heavy atom. The third-order valence-corrected chi connectivity index (χ3v) is 4.30. The summed E-state index contributed by atoms with van der Waals surface area (Å²) in [4.78, 5) is 29.1. The Kier molecular flexibility index (Phi) is 5.45. The van der Waals surface area contributed by atoms with E-state index in [2.05, 4.69) is 4.98 Å². The van der Waals surface area contributed by atoms with Gasteiger partial charge in [-0.15, -0.1) is 0 Å². The smallest absolute Gasteiger partial charge is 0.253 e. The summed E-state index contributed by atoms with van der Waals surface area (Å²) in [5.41, 5.74) is 1.71. The molecule has 0 saturated carbocycles. The molecule has 0 bridgehead atoms. The number of methoxy groups -OCH3 is 1. The lowest BCUT2D eigenvalue weighted by molar-refractivity contribution is -0.116. The van der Waals surface area contributed by atoms with E-state index < -0.39 is 0 Å². The first-order chi connectivity index (χ1) is 13.0. The van der Waals surface area contributed by atoms with E-state index in [9.17, 15) is 9.59 Å². The normalized spacial score (nSPS) is 10.6. The van der Waals surface area contributed by atoms with Crippen LogP contribution in [-0.2, 0) is 11.3 Å². The lowest BCUT2D eigenvalue weighted by Gasteiger charge is -2.21. The molecule has 0 unspecified atom stereocenters. The maximum absolute atomic E-state index is 12.5. The van der Waals surface area contributed by atoms with Crippen molar-refractivity contribution in [2.45, 2.75) is 20.4 Å². The molecule has 0 saturated heterocycles. The fourth-order valence-corrected chi connectivity index (χ4v) is 2.92. The molecule has 0 aliphatic heterocycles. The Labute approximate surface area is 157 Å². The molecule has 0 radical (unpaired) electrons. The van der Waals surface area contributed by atoms with Crippen molar-refractivity contribution in [3.05, 3.63) is 64.4 Å². The molecule has 1 heterocycles. The molecule has 1 amide bonds. The first-order valence-corrected chi connectivity index (χ1v) is 8.72. The first kappa shape index (κ1) is 18.5. The van der Waals surface area contributed by atoms with Gasteiger partial charge in [-0.25, -0.2) is 0 Å². The van der Waals surface area contributed by atoms with E-state index in [1.807, 2.05) is 37.3 Å². The maximum Gasteiger partial charge on any atom is 0.253 e. The molecule has 3 aromatic rings. The highest BCUT2D eigenvalue weighted by atomic mass is 16.5. The van der Waals surface area contributed by atoms with Crippen molar-refractivity contribution in [2.24, 2.45) is 0 Å². The second kappa shape index (κ2) is 7.95. The second-order valence-electron chi connectivity index (χ2n) is 6.11. The number of carbonyl (C=O) groups is 1. The molecular formula is C21H22N2O4. The zero-order valence-electron chi connectivity index (χ0n) is 15.6. The van der Waals surface area contributed by atoms with Crippen LogP contribution in [-0.4, -0.2) is 24.6 Å². The van der Waals surface area contributed by atoms with Crippen molar-refractivity contribution < 1.29 is 14.3 Å². The van der Waals surface area contributed by atoms with Crippen LogP contribution >= 0.6 is 0 Å². The number of amides is 1. The molecule has 27 heavy (non-hydrogen) atoms. The van der Waals surface area contributed by atoms with Gasteiger partial charge in [-0.3, -0.25) is 9.59 Å². The molecule has 3 rings (SSSR count). The highest BCUT2D eigenvalue weighted by Gasteiger charge is 2.15. The van der Waals surface area contributed by atoms with Crippen LogP contribution < -0.4 is 19.9 Å². The first-order valence-electron chi connectivity index (χ1n) is 8.72. The largest absolute Gasteiger partial charge is 0.497 e. The molecule has 6 nitrogen and oxygen atoms in total. The number of H-pyrrole nitrogens is 1. The van der Waals surface area contributed by atoms with Crippen molar-refractivity contribution in [3.8, 4) is 11.5 Å². The molecule has 0 aliphatic rings. The zero-order valence-corrected chi connectivity index (χ0v) is 15.6. The number of rotatable bonds is 6. The summed E-state index contributed by atoms with van der Waals surface area (Å²) in [7, 11) is 1.59. The third-order valence-electron chi connectivity index (χ3n) is 4.30. The van der Waals surface area contributed by atoms with E-state index in [1.165, 1.54) is 6.92 Å². The van der Waals surface area contributed by atoms with Crippen LogP contribution in [0, 0.1) is 0 Å². The number of carbonyl (C=O) groups excluding carboxylic acids is 1. The van der Waals surface area contributed by atoms with Crippen molar-refractivity contribution in [1.82, 2.24) is 4.98 Å². The van der Waals surface area contributed by atoms with Crippen LogP contribution in [0.15, 0.2) is 53.3 Å². The molecule has 0 spiro atoms. The van der Waals surface area contributed by atoms with Gasteiger partial charge in [-0.05, 0) is 55.5 Å². The zero-order chi connectivity index (χ0) is 19.4. The number of ether oxygens (including phenoxy) is 2. The van der Waals surface area contributed by atoms with Gasteiger partial charge in [0.25, 0.3) is 5.56 Å². The van der Waals surface area contributed by atoms with Gasteiger partial charge in [0.05, 0.1) is 20.3 Å². The molecule has 140 valence electrons. The summed E-state index contributed by atoms with van der Waals surface area (Å²) in [6.45, 7) is 4.14. The average molecular weight is 366 g/mol.